The number of anilines is 2. The highest BCUT2D eigenvalue weighted by molar-refractivity contribution is 5.95. The molecule has 0 fully saturated rings. The summed E-state index contributed by atoms with van der Waals surface area (Å²) in [4.78, 5) is 19.5. The first kappa shape index (κ1) is 24.1. The standard InChI is InChI=1S/C26H32N6O3/c1-6-31(7-2)19-12-9-17(10-13-19)25-29-26-28-16(4)22(24(27)33)23(32(26)30-25)18-11-14-20(35-8-3)21(15-18)34-5/h9-15,23H,6-8H2,1-5H3,(H2,27,33)(H,28,29,30). The van der Waals surface area contributed by atoms with Gasteiger partial charge in [-0.3, -0.25) is 4.79 Å². The lowest BCUT2D eigenvalue weighted by molar-refractivity contribution is -0.115. The third kappa shape index (κ3) is 4.53. The van der Waals surface area contributed by atoms with Crippen molar-refractivity contribution >= 4 is 17.5 Å². The van der Waals surface area contributed by atoms with Crippen LogP contribution in [0.3, 0.4) is 0 Å². The predicted octanol–water partition coefficient (Wildman–Crippen LogP) is 3.97. The SMILES string of the molecule is CCOc1ccc(C2C(C(N)=O)=C(C)Nc3nc(-c4ccc(N(CC)CC)cc4)nn32)cc1OC. The number of methoxy groups -OCH3 is 1. The zero-order chi connectivity index (χ0) is 25.1. The van der Waals surface area contributed by atoms with Gasteiger partial charge < -0.3 is 25.4 Å². The van der Waals surface area contributed by atoms with E-state index in [1.807, 2.05) is 44.2 Å². The van der Waals surface area contributed by atoms with Crippen molar-refractivity contribution in [2.75, 3.05) is 37.0 Å². The summed E-state index contributed by atoms with van der Waals surface area (Å²) < 4.78 is 12.9. The van der Waals surface area contributed by atoms with E-state index < -0.39 is 11.9 Å². The number of rotatable bonds is 9. The largest absolute Gasteiger partial charge is 0.493 e. The van der Waals surface area contributed by atoms with Crippen LogP contribution in [0.2, 0.25) is 0 Å². The maximum atomic E-state index is 12.5. The van der Waals surface area contributed by atoms with E-state index in [2.05, 4.69) is 36.2 Å². The van der Waals surface area contributed by atoms with Crippen LogP contribution in [-0.2, 0) is 4.79 Å². The fourth-order valence-corrected chi connectivity index (χ4v) is 4.44. The highest BCUT2D eigenvalue weighted by Crippen LogP contribution is 2.39. The van der Waals surface area contributed by atoms with Crippen molar-refractivity contribution in [3.05, 3.63) is 59.3 Å². The molecule has 9 nitrogen and oxygen atoms in total. The molecule has 0 spiro atoms. The summed E-state index contributed by atoms with van der Waals surface area (Å²) in [5, 5.41) is 7.98. The van der Waals surface area contributed by atoms with Crippen molar-refractivity contribution in [1.29, 1.82) is 0 Å². The molecule has 2 heterocycles. The van der Waals surface area contributed by atoms with Crippen LogP contribution in [0.1, 0.15) is 39.3 Å². The fraction of sp³-hybridized carbons (Fsp3) is 0.346. The Morgan fingerprint density at radius 3 is 2.43 bits per heavy atom. The Morgan fingerprint density at radius 1 is 1.11 bits per heavy atom. The minimum atomic E-state index is -0.565. The van der Waals surface area contributed by atoms with Crippen LogP contribution in [0.4, 0.5) is 11.6 Å². The summed E-state index contributed by atoms with van der Waals surface area (Å²) in [6, 6.07) is 13.2. The highest BCUT2D eigenvalue weighted by atomic mass is 16.5. The fourth-order valence-electron chi connectivity index (χ4n) is 4.44. The van der Waals surface area contributed by atoms with Gasteiger partial charge >= 0.3 is 0 Å². The second-order valence-electron chi connectivity index (χ2n) is 8.20. The van der Waals surface area contributed by atoms with Crippen LogP contribution in [0.15, 0.2) is 53.7 Å². The molecule has 9 heteroatoms. The van der Waals surface area contributed by atoms with Crippen LogP contribution < -0.4 is 25.4 Å². The molecule has 1 aliphatic heterocycles. The van der Waals surface area contributed by atoms with Gasteiger partial charge in [0, 0.05) is 30.0 Å². The number of carbonyl (C=O) groups is 1. The van der Waals surface area contributed by atoms with Gasteiger partial charge in [-0.05, 0) is 69.7 Å². The molecule has 184 valence electrons. The van der Waals surface area contributed by atoms with E-state index in [1.54, 1.807) is 11.8 Å². The Morgan fingerprint density at radius 2 is 1.83 bits per heavy atom. The second-order valence-corrected chi connectivity index (χ2v) is 8.20. The van der Waals surface area contributed by atoms with Crippen molar-refractivity contribution in [2.24, 2.45) is 5.73 Å². The molecular formula is C26H32N6O3. The van der Waals surface area contributed by atoms with E-state index in [-0.39, 0.29) is 0 Å². The summed E-state index contributed by atoms with van der Waals surface area (Å²) in [5.74, 6) is 1.76. The van der Waals surface area contributed by atoms with E-state index in [4.69, 9.17) is 25.3 Å². The monoisotopic (exact) mass is 476 g/mol. The molecule has 4 rings (SSSR count). The second kappa shape index (κ2) is 10.1. The number of carbonyl (C=O) groups excluding carboxylic acids is 1. The molecular weight excluding hydrogens is 444 g/mol. The zero-order valence-corrected chi connectivity index (χ0v) is 20.8. The molecule has 0 saturated carbocycles. The number of amides is 1. The van der Waals surface area contributed by atoms with Gasteiger partial charge in [0.05, 0.1) is 19.3 Å². The van der Waals surface area contributed by atoms with Gasteiger partial charge in [-0.25, -0.2) is 4.68 Å². The van der Waals surface area contributed by atoms with Gasteiger partial charge in [-0.1, -0.05) is 6.07 Å². The lowest BCUT2D eigenvalue weighted by atomic mass is 9.95. The van der Waals surface area contributed by atoms with Gasteiger partial charge in [-0.15, -0.1) is 5.10 Å². The number of fused-ring (bicyclic) bond motifs is 1. The molecule has 0 radical (unpaired) electrons. The number of hydrogen-bond acceptors (Lipinski definition) is 7. The van der Waals surface area contributed by atoms with Gasteiger partial charge in [0.15, 0.2) is 17.3 Å². The van der Waals surface area contributed by atoms with E-state index in [0.29, 0.717) is 41.1 Å². The number of nitrogens with one attached hydrogen (secondary N) is 1. The molecule has 3 N–H and O–H groups in total. The number of allylic oxidation sites excluding steroid dienone is 1. The van der Waals surface area contributed by atoms with Crippen LogP contribution in [0.25, 0.3) is 11.4 Å². The van der Waals surface area contributed by atoms with Crippen LogP contribution in [0.5, 0.6) is 11.5 Å². The van der Waals surface area contributed by atoms with Crippen LogP contribution in [0, 0.1) is 0 Å². The smallest absolute Gasteiger partial charge is 0.248 e. The average molecular weight is 477 g/mol. The number of primary amides is 1. The molecule has 3 aromatic rings. The van der Waals surface area contributed by atoms with Crippen molar-refractivity contribution in [2.45, 2.75) is 33.7 Å². The first-order valence-corrected chi connectivity index (χ1v) is 11.8. The van der Waals surface area contributed by atoms with Gasteiger partial charge in [0.2, 0.25) is 11.9 Å². The number of nitrogens with zero attached hydrogens (tertiary/aromatic N) is 4. The molecule has 1 atom stereocenters. The number of aromatic nitrogens is 3. The number of hydrogen-bond donors (Lipinski definition) is 2. The minimum Gasteiger partial charge on any atom is -0.493 e. The summed E-state index contributed by atoms with van der Waals surface area (Å²) in [6.45, 7) is 10.4. The third-order valence-corrected chi connectivity index (χ3v) is 6.18. The molecule has 2 aromatic carbocycles. The molecule has 0 aliphatic carbocycles. The van der Waals surface area contributed by atoms with Crippen LogP contribution >= 0.6 is 0 Å². The maximum Gasteiger partial charge on any atom is 0.248 e. The summed E-state index contributed by atoms with van der Waals surface area (Å²) in [5.41, 5.74) is 9.69. The van der Waals surface area contributed by atoms with Crippen LogP contribution in [-0.4, -0.2) is 47.5 Å². The van der Waals surface area contributed by atoms with E-state index in [0.717, 1.165) is 29.9 Å². The lowest BCUT2D eigenvalue weighted by Gasteiger charge is -2.28. The van der Waals surface area contributed by atoms with Gasteiger partial charge in [-0.2, -0.15) is 4.98 Å². The normalized spacial score (nSPS) is 14.8. The maximum absolute atomic E-state index is 12.5. The molecule has 0 bridgehead atoms. The van der Waals surface area contributed by atoms with E-state index >= 15 is 0 Å². The number of benzene rings is 2. The lowest BCUT2D eigenvalue weighted by Crippen LogP contribution is -2.31. The Labute approximate surface area is 205 Å². The third-order valence-electron chi connectivity index (χ3n) is 6.18. The summed E-state index contributed by atoms with van der Waals surface area (Å²) in [7, 11) is 1.58. The van der Waals surface area contributed by atoms with Crippen molar-refractivity contribution in [3.63, 3.8) is 0 Å². The number of nitrogens with two attached hydrogens (primary N) is 1. The van der Waals surface area contributed by atoms with E-state index in [1.165, 1.54) is 0 Å². The number of ether oxygens (including phenoxy) is 2. The minimum absolute atomic E-state index is 0.414. The Bertz CT molecular complexity index is 1240. The topological polar surface area (TPSA) is 108 Å². The molecule has 1 amide bonds. The van der Waals surface area contributed by atoms with Gasteiger partial charge in [0.25, 0.3) is 0 Å². The Balaban J connectivity index is 1.78. The van der Waals surface area contributed by atoms with Crippen molar-refractivity contribution in [1.82, 2.24) is 14.8 Å². The average Bonchev–Trinajstić information content (AvgIpc) is 3.28. The molecule has 1 unspecified atom stereocenters. The van der Waals surface area contributed by atoms with Crippen molar-refractivity contribution in [3.8, 4) is 22.9 Å². The zero-order valence-electron chi connectivity index (χ0n) is 20.8. The molecule has 1 aromatic heterocycles. The van der Waals surface area contributed by atoms with E-state index in [9.17, 15) is 4.79 Å². The summed E-state index contributed by atoms with van der Waals surface area (Å²) >= 11 is 0. The molecule has 35 heavy (non-hydrogen) atoms. The highest BCUT2D eigenvalue weighted by Gasteiger charge is 2.34. The molecule has 1 aliphatic rings. The summed E-state index contributed by atoms with van der Waals surface area (Å²) in [6.07, 6.45) is 0. The van der Waals surface area contributed by atoms with Crippen molar-refractivity contribution < 1.29 is 14.3 Å². The first-order valence-electron chi connectivity index (χ1n) is 11.8. The quantitative estimate of drug-likeness (QED) is 0.481. The predicted molar refractivity (Wildman–Crippen MR) is 137 cm³/mol. The molecule has 0 saturated heterocycles. The Kier molecular flexibility index (Phi) is 6.95. The Hall–Kier alpha value is -4.01. The first-order chi connectivity index (χ1) is 16.9. The van der Waals surface area contributed by atoms with Gasteiger partial charge in [0.1, 0.15) is 6.04 Å².